The molecule has 0 aliphatic rings. The second-order valence-electron chi connectivity index (χ2n) is 3.83. The summed E-state index contributed by atoms with van der Waals surface area (Å²) >= 11 is 7.06. The predicted octanol–water partition coefficient (Wildman–Crippen LogP) is 5.33. The lowest BCUT2D eigenvalue weighted by Gasteiger charge is -1.96. The van der Waals surface area contributed by atoms with Crippen LogP contribution in [0.5, 0.6) is 0 Å². The molecule has 2 rings (SSSR count). The molecule has 0 aromatic heterocycles. The Labute approximate surface area is 120 Å². The van der Waals surface area contributed by atoms with Crippen LogP contribution in [0.1, 0.15) is 17.3 Å². The number of rotatable bonds is 4. The van der Waals surface area contributed by atoms with Crippen LogP contribution in [-0.4, -0.2) is 5.78 Å². The molecule has 0 atom stereocenters. The third-order valence-electron chi connectivity index (χ3n) is 2.39. The molecule has 0 bridgehead atoms. The van der Waals surface area contributed by atoms with Crippen molar-refractivity contribution >= 4 is 35.0 Å². The first kappa shape index (κ1) is 13.8. The van der Waals surface area contributed by atoms with Gasteiger partial charge in [-0.3, -0.25) is 4.79 Å². The molecule has 3 nitrogen and oxygen atoms in total. The van der Waals surface area contributed by atoms with Gasteiger partial charge in [0.2, 0.25) is 0 Å². The molecule has 0 amide bonds. The maximum Gasteiger partial charge on any atom is 0.159 e. The number of Topliss-reactive ketones (excluding diaryl/α,β-unsaturated/α-hetero) is 1. The van der Waals surface area contributed by atoms with Gasteiger partial charge in [-0.1, -0.05) is 11.6 Å². The van der Waals surface area contributed by atoms with Crippen molar-refractivity contribution in [3.63, 3.8) is 0 Å². The molecule has 0 aliphatic heterocycles. The molecule has 5 heteroatoms. The smallest absolute Gasteiger partial charge is 0.159 e. The molecule has 0 spiro atoms. The van der Waals surface area contributed by atoms with E-state index in [1.54, 1.807) is 36.4 Å². The quantitative estimate of drug-likeness (QED) is 0.433. The van der Waals surface area contributed by atoms with Crippen molar-refractivity contribution in [3.8, 4) is 0 Å². The zero-order valence-electron chi connectivity index (χ0n) is 10.2. The Balaban J connectivity index is 1.98. The summed E-state index contributed by atoms with van der Waals surface area (Å²) in [4.78, 5) is 12.1. The minimum absolute atomic E-state index is 0.0408. The topological polar surface area (TPSA) is 41.8 Å². The minimum Gasteiger partial charge on any atom is -0.295 e. The van der Waals surface area contributed by atoms with Crippen LogP contribution in [0.4, 0.5) is 5.69 Å². The van der Waals surface area contributed by atoms with Crippen molar-refractivity contribution in [2.75, 3.05) is 0 Å². The van der Waals surface area contributed by atoms with Crippen LogP contribution >= 0.6 is 23.5 Å². The lowest BCUT2D eigenvalue weighted by Crippen LogP contribution is -1.89. The van der Waals surface area contributed by atoms with Gasteiger partial charge < -0.3 is 0 Å². The number of carbonyl (C=O) groups excluding carboxylic acids is 1. The molecular formula is C14H11ClN2OS. The highest BCUT2D eigenvalue weighted by molar-refractivity contribution is 7.97. The third-order valence-corrected chi connectivity index (χ3v) is 3.29. The Morgan fingerprint density at radius 1 is 1.05 bits per heavy atom. The summed E-state index contributed by atoms with van der Waals surface area (Å²) in [6, 6.07) is 14.4. The van der Waals surface area contributed by atoms with Crippen molar-refractivity contribution in [3.05, 3.63) is 59.1 Å². The highest BCUT2D eigenvalue weighted by Gasteiger charge is 1.98. The molecular weight excluding hydrogens is 280 g/mol. The van der Waals surface area contributed by atoms with E-state index in [-0.39, 0.29) is 5.78 Å². The predicted molar refractivity (Wildman–Crippen MR) is 78.3 cm³/mol. The van der Waals surface area contributed by atoms with Gasteiger partial charge >= 0.3 is 0 Å². The second-order valence-corrected chi connectivity index (χ2v) is 5.08. The minimum atomic E-state index is 0.0408. The van der Waals surface area contributed by atoms with Gasteiger partial charge in [0.15, 0.2) is 5.78 Å². The highest BCUT2D eigenvalue weighted by Crippen LogP contribution is 2.24. The Bertz CT molecular complexity index is 594. The molecule has 0 fully saturated rings. The summed E-state index contributed by atoms with van der Waals surface area (Å²) in [5.41, 5.74) is 1.38. The van der Waals surface area contributed by atoms with Gasteiger partial charge in [0.25, 0.3) is 0 Å². The van der Waals surface area contributed by atoms with Gasteiger partial charge in [-0.05, 0) is 55.5 Å². The molecule has 96 valence electrons. The van der Waals surface area contributed by atoms with Crippen LogP contribution in [-0.2, 0) is 0 Å². The first-order valence-corrected chi connectivity index (χ1v) is 6.75. The van der Waals surface area contributed by atoms with Crippen LogP contribution in [0.2, 0.25) is 5.02 Å². The molecule has 0 heterocycles. The normalized spacial score (nSPS) is 10.8. The summed E-state index contributed by atoms with van der Waals surface area (Å²) in [7, 11) is 0. The van der Waals surface area contributed by atoms with E-state index in [0.29, 0.717) is 16.3 Å². The molecule has 0 saturated carbocycles. The van der Waals surface area contributed by atoms with Crippen molar-refractivity contribution in [2.24, 2.45) is 9.63 Å². The van der Waals surface area contributed by atoms with E-state index in [9.17, 15) is 4.79 Å². The summed E-state index contributed by atoms with van der Waals surface area (Å²) in [5, 5.41) is 4.76. The molecule has 0 N–H and O–H groups in total. The number of hydrogen-bond acceptors (Lipinski definition) is 4. The van der Waals surface area contributed by atoms with Crippen LogP contribution in [0, 0.1) is 0 Å². The Kier molecular flexibility index (Phi) is 4.71. The van der Waals surface area contributed by atoms with Gasteiger partial charge in [0, 0.05) is 27.4 Å². The average molecular weight is 291 g/mol. The van der Waals surface area contributed by atoms with E-state index in [1.165, 1.54) is 18.9 Å². The van der Waals surface area contributed by atoms with E-state index in [2.05, 4.69) is 9.63 Å². The number of nitrogens with zero attached hydrogens (tertiary/aromatic N) is 2. The van der Waals surface area contributed by atoms with Crippen molar-refractivity contribution in [2.45, 2.75) is 11.8 Å². The summed E-state index contributed by atoms with van der Waals surface area (Å²) < 4.78 is 4.03. The van der Waals surface area contributed by atoms with E-state index < -0.39 is 0 Å². The van der Waals surface area contributed by atoms with Gasteiger partial charge in [-0.25, -0.2) is 0 Å². The van der Waals surface area contributed by atoms with Crippen molar-refractivity contribution in [1.82, 2.24) is 0 Å². The molecule has 2 aromatic carbocycles. The van der Waals surface area contributed by atoms with E-state index in [0.717, 1.165) is 4.90 Å². The van der Waals surface area contributed by atoms with E-state index >= 15 is 0 Å². The van der Waals surface area contributed by atoms with Crippen LogP contribution in [0.25, 0.3) is 0 Å². The van der Waals surface area contributed by atoms with Crippen molar-refractivity contribution in [1.29, 1.82) is 0 Å². The zero-order chi connectivity index (χ0) is 13.7. The Morgan fingerprint density at radius 3 is 2.26 bits per heavy atom. The van der Waals surface area contributed by atoms with Gasteiger partial charge in [-0.15, -0.1) is 9.63 Å². The standard InChI is InChI=1S/C14H11ClN2OS/c1-10(18)11-2-6-13(7-3-11)16-17-19-14-8-4-12(15)5-9-14/h2-9H,1H3. The number of benzene rings is 2. The highest BCUT2D eigenvalue weighted by atomic mass is 35.5. The van der Waals surface area contributed by atoms with Crippen LogP contribution < -0.4 is 0 Å². The zero-order valence-corrected chi connectivity index (χ0v) is 11.8. The second kappa shape index (κ2) is 6.50. The molecule has 2 aromatic rings. The maximum absolute atomic E-state index is 11.1. The number of carbonyl (C=O) groups is 1. The number of hydrogen-bond donors (Lipinski definition) is 0. The number of ketones is 1. The number of halogens is 1. The van der Waals surface area contributed by atoms with Crippen molar-refractivity contribution < 1.29 is 4.79 Å². The Morgan fingerprint density at radius 2 is 1.68 bits per heavy atom. The van der Waals surface area contributed by atoms with E-state index in [4.69, 9.17) is 11.6 Å². The first-order valence-electron chi connectivity index (χ1n) is 5.60. The van der Waals surface area contributed by atoms with Gasteiger partial charge in [-0.2, -0.15) is 0 Å². The fourth-order valence-electron chi connectivity index (χ4n) is 1.37. The lowest BCUT2D eigenvalue weighted by molar-refractivity contribution is 0.101. The summed E-state index contributed by atoms with van der Waals surface area (Å²) in [6.45, 7) is 1.53. The maximum atomic E-state index is 11.1. The third kappa shape index (κ3) is 4.19. The fraction of sp³-hybridized carbons (Fsp3) is 0.0714. The summed E-state index contributed by atoms with van der Waals surface area (Å²) in [6.07, 6.45) is 0. The largest absolute Gasteiger partial charge is 0.295 e. The van der Waals surface area contributed by atoms with Crippen LogP contribution in [0.15, 0.2) is 63.1 Å². The summed E-state index contributed by atoms with van der Waals surface area (Å²) in [5.74, 6) is 0.0408. The monoisotopic (exact) mass is 290 g/mol. The first-order chi connectivity index (χ1) is 9.15. The lowest BCUT2D eigenvalue weighted by atomic mass is 10.1. The Hall–Kier alpha value is -1.65. The fourth-order valence-corrected chi connectivity index (χ4v) is 1.99. The molecule has 0 aliphatic carbocycles. The average Bonchev–Trinajstić information content (AvgIpc) is 2.41. The van der Waals surface area contributed by atoms with E-state index in [1.807, 2.05) is 12.1 Å². The molecule has 0 unspecified atom stereocenters. The van der Waals surface area contributed by atoms with Gasteiger partial charge in [0.05, 0.1) is 5.69 Å². The molecule has 0 saturated heterocycles. The SMILES string of the molecule is CC(=O)c1ccc(N=NSc2ccc(Cl)cc2)cc1. The van der Waals surface area contributed by atoms with Gasteiger partial charge in [0.1, 0.15) is 0 Å². The molecule has 0 radical (unpaired) electrons. The molecule has 19 heavy (non-hydrogen) atoms. The van der Waals surface area contributed by atoms with Crippen LogP contribution in [0.3, 0.4) is 0 Å².